The first kappa shape index (κ1) is 29.5. The molecule has 11 aromatic rings. The van der Waals surface area contributed by atoms with Crippen LogP contribution in [0.5, 0.6) is 0 Å². The molecule has 8 aromatic carbocycles. The van der Waals surface area contributed by atoms with Crippen LogP contribution in [0.3, 0.4) is 0 Å². The summed E-state index contributed by atoms with van der Waals surface area (Å²) in [5, 5.41) is 5.01. The van der Waals surface area contributed by atoms with Gasteiger partial charge in [0.25, 0.3) is 0 Å². The Bertz CT molecular complexity index is 3090. The van der Waals surface area contributed by atoms with Gasteiger partial charge in [-0.05, 0) is 77.9 Å². The number of aromatic nitrogens is 4. The van der Waals surface area contributed by atoms with Gasteiger partial charge in [-0.2, -0.15) is 0 Å². The summed E-state index contributed by atoms with van der Waals surface area (Å²) >= 11 is 0. The molecule has 0 saturated carbocycles. The number of benzene rings is 8. The van der Waals surface area contributed by atoms with Crippen LogP contribution < -0.4 is 0 Å². The van der Waals surface area contributed by atoms with Crippen molar-refractivity contribution in [3.63, 3.8) is 0 Å². The van der Waals surface area contributed by atoms with Crippen LogP contribution in [-0.2, 0) is 0 Å². The number of para-hydroxylation sites is 4. The molecule has 0 aliphatic carbocycles. The molecule has 4 nitrogen and oxygen atoms in total. The molecular formula is C49H32N4. The maximum atomic E-state index is 5.32. The molecule has 3 heterocycles. The molecule has 11 rings (SSSR count). The maximum Gasteiger partial charge on any atom is 0.145 e. The summed E-state index contributed by atoms with van der Waals surface area (Å²) in [6.07, 6.45) is 0. The highest BCUT2D eigenvalue weighted by Crippen LogP contribution is 2.40. The average Bonchev–Trinajstić information content (AvgIpc) is 3.89. The van der Waals surface area contributed by atoms with E-state index in [1.807, 2.05) is 0 Å². The lowest BCUT2D eigenvalue weighted by Gasteiger charge is -2.12. The Balaban J connectivity index is 1.08. The molecule has 0 amide bonds. The van der Waals surface area contributed by atoms with Crippen molar-refractivity contribution in [2.75, 3.05) is 0 Å². The van der Waals surface area contributed by atoms with Crippen LogP contribution in [0.2, 0.25) is 0 Å². The Labute approximate surface area is 306 Å². The third kappa shape index (κ3) is 4.52. The normalized spacial score (nSPS) is 11.8. The first-order valence-electron chi connectivity index (χ1n) is 18.1. The summed E-state index contributed by atoms with van der Waals surface area (Å²) in [6.45, 7) is 0. The zero-order chi connectivity index (χ0) is 34.9. The fourth-order valence-electron chi connectivity index (χ4n) is 8.36. The number of rotatable bonds is 5. The molecule has 0 spiro atoms. The lowest BCUT2D eigenvalue weighted by Crippen LogP contribution is -1.98. The van der Waals surface area contributed by atoms with Crippen LogP contribution in [-0.4, -0.2) is 18.7 Å². The largest absolute Gasteiger partial charge is 0.309 e. The Hall–Kier alpha value is -7.17. The van der Waals surface area contributed by atoms with E-state index in [4.69, 9.17) is 4.98 Å². The molecular weight excluding hydrogens is 645 g/mol. The molecule has 3 aromatic heterocycles. The smallest absolute Gasteiger partial charge is 0.145 e. The molecule has 0 aliphatic heterocycles. The first-order valence-corrected chi connectivity index (χ1v) is 18.1. The fourth-order valence-corrected chi connectivity index (χ4v) is 8.36. The summed E-state index contributed by atoms with van der Waals surface area (Å²) in [4.78, 5) is 5.32. The van der Waals surface area contributed by atoms with Crippen LogP contribution in [0.25, 0.3) is 94.2 Å². The van der Waals surface area contributed by atoms with Gasteiger partial charge in [0.1, 0.15) is 5.82 Å². The van der Waals surface area contributed by atoms with Gasteiger partial charge in [0.05, 0.1) is 33.1 Å². The number of hydrogen-bond donors (Lipinski definition) is 0. The molecule has 0 N–H and O–H groups in total. The molecule has 0 bridgehead atoms. The highest BCUT2D eigenvalue weighted by molar-refractivity contribution is 6.16. The van der Waals surface area contributed by atoms with E-state index in [2.05, 4.69) is 208 Å². The molecule has 0 atom stereocenters. The van der Waals surface area contributed by atoms with Crippen molar-refractivity contribution in [1.29, 1.82) is 0 Å². The van der Waals surface area contributed by atoms with E-state index in [1.165, 1.54) is 54.7 Å². The van der Waals surface area contributed by atoms with Gasteiger partial charge in [-0.3, -0.25) is 4.57 Å². The van der Waals surface area contributed by atoms with E-state index >= 15 is 0 Å². The quantitative estimate of drug-likeness (QED) is 0.178. The predicted octanol–water partition coefficient (Wildman–Crippen LogP) is 12.6. The van der Waals surface area contributed by atoms with Crippen molar-refractivity contribution in [1.82, 2.24) is 18.7 Å². The zero-order valence-electron chi connectivity index (χ0n) is 28.8. The SMILES string of the molecule is c1ccc(-c2nc3cc(-n4c5ccccc5c5ccccc54)ccc3n2-c2ccc(-c3cccc4c3c3ccccc3n4-c3ccccc3)cc2)cc1. The summed E-state index contributed by atoms with van der Waals surface area (Å²) in [6, 6.07) is 69.5. The van der Waals surface area contributed by atoms with E-state index in [0.29, 0.717) is 0 Å². The fraction of sp³-hybridized carbons (Fsp3) is 0. The summed E-state index contributed by atoms with van der Waals surface area (Å²) in [5.41, 5.74) is 13.6. The molecule has 4 heteroatoms. The van der Waals surface area contributed by atoms with Gasteiger partial charge in [-0.1, -0.05) is 127 Å². The minimum Gasteiger partial charge on any atom is -0.309 e. The van der Waals surface area contributed by atoms with E-state index in [1.54, 1.807) is 0 Å². The highest BCUT2D eigenvalue weighted by atomic mass is 15.1. The van der Waals surface area contributed by atoms with Crippen LogP contribution in [0.1, 0.15) is 0 Å². The Kier molecular flexibility index (Phi) is 6.52. The van der Waals surface area contributed by atoms with Gasteiger partial charge in [0, 0.05) is 44.2 Å². The molecule has 53 heavy (non-hydrogen) atoms. The third-order valence-electron chi connectivity index (χ3n) is 10.7. The van der Waals surface area contributed by atoms with Crippen molar-refractivity contribution >= 4 is 54.6 Å². The monoisotopic (exact) mass is 676 g/mol. The number of hydrogen-bond acceptors (Lipinski definition) is 1. The molecule has 0 fully saturated rings. The average molecular weight is 677 g/mol. The van der Waals surface area contributed by atoms with Crippen molar-refractivity contribution in [3.8, 4) is 39.6 Å². The van der Waals surface area contributed by atoms with Gasteiger partial charge in [-0.15, -0.1) is 0 Å². The van der Waals surface area contributed by atoms with E-state index in [0.717, 1.165) is 39.5 Å². The lowest BCUT2D eigenvalue weighted by molar-refractivity contribution is 1.10. The molecule has 0 unspecified atom stereocenters. The van der Waals surface area contributed by atoms with Crippen LogP contribution in [0, 0.1) is 0 Å². The minimum atomic E-state index is 0.917. The highest BCUT2D eigenvalue weighted by Gasteiger charge is 2.19. The second-order valence-electron chi connectivity index (χ2n) is 13.6. The van der Waals surface area contributed by atoms with Gasteiger partial charge < -0.3 is 9.13 Å². The molecule has 0 aliphatic rings. The van der Waals surface area contributed by atoms with E-state index in [9.17, 15) is 0 Å². The van der Waals surface area contributed by atoms with Gasteiger partial charge >= 0.3 is 0 Å². The molecule has 0 radical (unpaired) electrons. The van der Waals surface area contributed by atoms with Crippen molar-refractivity contribution < 1.29 is 0 Å². The van der Waals surface area contributed by atoms with Crippen molar-refractivity contribution in [2.45, 2.75) is 0 Å². The van der Waals surface area contributed by atoms with Gasteiger partial charge in [0.2, 0.25) is 0 Å². The Morgan fingerprint density at radius 2 is 0.849 bits per heavy atom. The Morgan fingerprint density at radius 1 is 0.321 bits per heavy atom. The topological polar surface area (TPSA) is 27.7 Å². The van der Waals surface area contributed by atoms with Crippen molar-refractivity contribution in [2.24, 2.45) is 0 Å². The lowest BCUT2D eigenvalue weighted by atomic mass is 9.99. The van der Waals surface area contributed by atoms with Gasteiger partial charge in [0.15, 0.2) is 0 Å². The zero-order valence-corrected chi connectivity index (χ0v) is 28.8. The number of nitrogens with zero attached hydrogens (tertiary/aromatic N) is 4. The number of imidazole rings is 1. The minimum absolute atomic E-state index is 0.917. The summed E-state index contributed by atoms with van der Waals surface area (Å²) in [5.74, 6) is 0.917. The standard InChI is InChI=1S/C49H32N4/c1-3-14-34(15-4-1)49-50-42-32-37(52-43-22-10-7-18-39(43)40-19-8-11-23-44(40)52)30-31-46(42)53(49)36-28-26-33(27-29-36)38-21-13-25-47-48(38)41-20-9-12-24-45(41)51(47)35-16-5-2-6-17-35/h1-32H. The summed E-state index contributed by atoms with van der Waals surface area (Å²) in [7, 11) is 0. The molecule has 0 saturated heterocycles. The molecule has 248 valence electrons. The van der Waals surface area contributed by atoms with Crippen LogP contribution in [0.4, 0.5) is 0 Å². The van der Waals surface area contributed by atoms with Crippen LogP contribution >= 0.6 is 0 Å². The predicted molar refractivity (Wildman–Crippen MR) is 221 cm³/mol. The second kappa shape index (κ2) is 11.7. The van der Waals surface area contributed by atoms with E-state index < -0.39 is 0 Å². The third-order valence-corrected chi connectivity index (χ3v) is 10.7. The van der Waals surface area contributed by atoms with Crippen LogP contribution in [0.15, 0.2) is 194 Å². The van der Waals surface area contributed by atoms with E-state index in [-0.39, 0.29) is 0 Å². The first-order chi connectivity index (χ1) is 26.3. The number of fused-ring (bicyclic) bond motifs is 7. The second-order valence-corrected chi connectivity index (χ2v) is 13.6. The summed E-state index contributed by atoms with van der Waals surface area (Å²) < 4.78 is 7.03. The van der Waals surface area contributed by atoms with Gasteiger partial charge in [-0.25, -0.2) is 4.98 Å². The Morgan fingerprint density at radius 3 is 1.55 bits per heavy atom. The van der Waals surface area contributed by atoms with Crippen molar-refractivity contribution in [3.05, 3.63) is 194 Å². The maximum absolute atomic E-state index is 5.32.